The van der Waals surface area contributed by atoms with Crippen LogP contribution in [0.25, 0.3) is 0 Å². The summed E-state index contributed by atoms with van der Waals surface area (Å²) >= 11 is 0. The Labute approximate surface area is 155 Å². The van der Waals surface area contributed by atoms with Crippen molar-refractivity contribution < 1.29 is 19.1 Å². The predicted molar refractivity (Wildman–Crippen MR) is 97.0 cm³/mol. The van der Waals surface area contributed by atoms with Crippen LogP contribution in [0.3, 0.4) is 0 Å². The number of aromatic nitrogens is 2. The van der Waals surface area contributed by atoms with Gasteiger partial charge in [-0.2, -0.15) is 0 Å². The first-order valence-electron chi connectivity index (χ1n) is 8.40. The average Bonchev–Trinajstić information content (AvgIpc) is 2.57. The summed E-state index contributed by atoms with van der Waals surface area (Å²) in [5.41, 5.74) is -1.40. The Morgan fingerprint density at radius 3 is 2.41 bits per heavy atom. The van der Waals surface area contributed by atoms with Gasteiger partial charge in [0.05, 0.1) is 5.54 Å². The Bertz CT molecular complexity index is 933. The maximum absolute atomic E-state index is 13.0. The lowest BCUT2D eigenvalue weighted by molar-refractivity contribution is -0.120. The summed E-state index contributed by atoms with van der Waals surface area (Å²) < 4.78 is 14.1. The molecule has 0 aliphatic carbocycles. The van der Waals surface area contributed by atoms with Crippen molar-refractivity contribution in [1.29, 1.82) is 0 Å². The SMILES string of the molecule is CC(=O)NC(C)(C)c1nc(C(=O)CCc2ccc(F)cc2)c(O)c(=O)n1C. The molecule has 8 heteroatoms. The zero-order valence-corrected chi connectivity index (χ0v) is 15.7. The van der Waals surface area contributed by atoms with E-state index in [0.717, 1.165) is 10.1 Å². The first-order chi connectivity index (χ1) is 12.5. The van der Waals surface area contributed by atoms with Crippen molar-refractivity contribution in [3.63, 3.8) is 0 Å². The first-order valence-corrected chi connectivity index (χ1v) is 8.40. The molecule has 2 rings (SSSR count). The van der Waals surface area contributed by atoms with Gasteiger partial charge in [-0.15, -0.1) is 0 Å². The van der Waals surface area contributed by atoms with Gasteiger partial charge in [0.2, 0.25) is 11.7 Å². The number of aryl methyl sites for hydroxylation is 1. The molecule has 0 aliphatic rings. The number of aromatic hydroxyl groups is 1. The van der Waals surface area contributed by atoms with Gasteiger partial charge in [-0.1, -0.05) is 12.1 Å². The number of nitrogens with zero attached hydrogens (tertiary/aromatic N) is 2. The van der Waals surface area contributed by atoms with E-state index in [-0.39, 0.29) is 29.7 Å². The number of nitrogens with one attached hydrogen (secondary N) is 1. The molecule has 0 spiro atoms. The van der Waals surface area contributed by atoms with Gasteiger partial charge in [-0.05, 0) is 38.0 Å². The second-order valence-corrected chi connectivity index (χ2v) is 6.85. The second kappa shape index (κ2) is 7.69. The van der Waals surface area contributed by atoms with E-state index in [4.69, 9.17) is 0 Å². The summed E-state index contributed by atoms with van der Waals surface area (Å²) in [6.07, 6.45) is 0.291. The van der Waals surface area contributed by atoms with Crippen LogP contribution in [0.5, 0.6) is 5.75 Å². The Kier molecular flexibility index (Phi) is 5.78. The van der Waals surface area contributed by atoms with Crippen LogP contribution in [0.4, 0.5) is 4.39 Å². The van der Waals surface area contributed by atoms with Crippen molar-refractivity contribution in [2.24, 2.45) is 7.05 Å². The molecule has 7 nitrogen and oxygen atoms in total. The van der Waals surface area contributed by atoms with E-state index in [0.29, 0.717) is 6.42 Å². The van der Waals surface area contributed by atoms with Crippen molar-refractivity contribution in [2.45, 2.75) is 39.2 Å². The van der Waals surface area contributed by atoms with Crippen LogP contribution < -0.4 is 10.9 Å². The third kappa shape index (κ3) is 4.58. The van der Waals surface area contributed by atoms with Gasteiger partial charge >= 0.3 is 0 Å². The quantitative estimate of drug-likeness (QED) is 0.750. The maximum Gasteiger partial charge on any atom is 0.296 e. The minimum atomic E-state index is -1.03. The Hall–Kier alpha value is -3.03. The molecule has 0 atom stereocenters. The van der Waals surface area contributed by atoms with Gasteiger partial charge in [-0.3, -0.25) is 19.0 Å². The van der Waals surface area contributed by atoms with Gasteiger partial charge in [0.15, 0.2) is 11.5 Å². The molecule has 0 bridgehead atoms. The Balaban J connectivity index is 2.35. The van der Waals surface area contributed by atoms with Crippen molar-refractivity contribution in [2.75, 3.05) is 0 Å². The van der Waals surface area contributed by atoms with Gasteiger partial charge in [-0.25, -0.2) is 9.37 Å². The van der Waals surface area contributed by atoms with E-state index in [1.54, 1.807) is 26.0 Å². The molecule has 2 N–H and O–H groups in total. The highest BCUT2D eigenvalue weighted by Crippen LogP contribution is 2.21. The normalized spacial score (nSPS) is 11.3. The molecule has 0 unspecified atom stereocenters. The predicted octanol–water partition coefficient (Wildman–Crippen LogP) is 1.81. The topological polar surface area (TPSA) is 101 Å². The van der Waals surface area contributed by atoms with Gasteiger partial charge in [0, 0.05) is 20.4 Å². The van der Waals surface area contributed by atoms with E-state index in [9.17, 15) is 23.9 Å². The molecule has 1 aromatic heterocycles. The minimum Gasteiger partial charge on any atom is -0.501 e. The molecule has 27 heavy (non-hydrogen) atoms. The lowest BCUT2D eigenvalue weighted by Gasteiger charge is -2.27. The molecule has 1 heterocycles. The first kappa shape index (κ1) is 20.3. The molecule has 144 valence electrons. The fourth-order valence-electron chi connectivity index (χ4n) is 2.87. The number of ketones is 1. The van der Waals surface area contributed by atoms with E-state index in [2.05, 4.69) is 10.3 Å². The van der Waals surface area contributed by atoms with E-state index >= 15 is 0 Å². The lowest BCUT2D eigenvalue weighted by atomic mass is 10.0. The number of hydrogen-bond acceptors (Lipinski definition) is 5. The standard InChI is InChI=1S/C19H22FN3O4/c1-11(24)22-19(2,3)18-21-15(16(26)17(27)23(18)4)14(25)10-7-12-5-8-13(20)9-6-12/h5-6,8-9,26H,7,10H2,1-4H3,(H,22,24). The minimum absolute atomic E-state index is 0.0145. The zero-order chi connectivity index (χ0) is 20.4. The number of rotatable bonds is 6. The Morgan fingerprint density at radius 2 is 1.85 bits per heavy atom. The smallest absolute Gasteiger partial charge is 0.296 e. The van der Waals surface area contributed by atoms with Crippen LogP contribution in [0.2, 0.25) is 0 Å². The van der Waals surface area contributed by atoms with Crippen molar-refractivity contribution in [3.8, 4) is 5.75 Å². The van der Waals surface area contributed by atoms with Gasteiger partial charge in [0.1, 0.15) is 11.6 Å². The number of halogens is 1. The summed E-state index contributed by atoms with van der Waals surface area (Å²) in [5, 5.41) is 12.8. The molecule has 1 aromatic carbocycles. The van der Waals surface area contributed by atoms with Crippen molar-refractivity contribution in [3.05, 3.63) is 57.5 Å². The van der Waals surface area contributed by atoms with Crippen molar-refractivity contribution in [1.82, 2.24) is 14.9 Å². The zero-order valence-electron chi connectivity index (χ0n) is 15.7. The molecule has 0 saturated carbocycles. The van der Waals surface area contributed by atoms with E-state index in [1.807, 2.05) is 0 Å². The van der Waals surface area contributed by atoms with Crippen LogP contribution in [0, 0.1) is 5.82 Å². The van der Waals surface area contributed by atoms with E-state index < -0.39 is 22.6 Å². The number of carbonyl (C=O) groups excluding carboxylic acids is 2. The number of carbonyl (C=O) groups is 2. The van der Waals surface area contributed by atoms with Gasteiger partial charge in [0.25, 0.3) is 5.56 Å². The Morgan fingerprint density at radius 1 is 1.26 bits per heavy atom. The number of amides is 1. The van der Waals surface area contributed by atoms with Crippen LogP contribution in [-0.2, 0) is 23.8 Å². The summed E-state index contributed by atoms with van der Waals surface area (Å²) in [5.74, 6) is -1.81. The fraction of sp³-hybridized carbons (Fsp3) is 0.368. The number of benzene rings is 1. The molecule has 0 radical (unpaired) electrons. The van der Waals surface area contributed by atoms with Crippen LogP contribution in [-0.4, -0.2) is 26.3 Å². The second-order valence-electron chi connectivity index (χ2n) is 6.85. The van der Waals surface area contributed by atoms with Crippen molar-refractivity contribution >= 4 is 11.7 Å². The highest BCUT2D eigenvalue weighted by Gasteiger charge is 2.30. The molecule has 1 amide bonds. The lowest BCUT2D eigenvalue weighted by Crippen LogP contribution is -2.44. The summed E-state index contributed by atoms with van der Waals surface area (Å²) in [6.45, 7) is 4.61. The van der Waals surface area contributed by atoms with Crippen LogP contribution >= 0.6 is 0 Å². The largest absolute Gasteiger partial charge is 0.501 e. The molecule has 0 saturated heterocycles. The highest BCUT2D eigenvalue weighted by atomic mass is 19.1. The summed E-state index contributed by atoms with van der Waals surface area (Å²) in [7, 11) is 1.40. The molecule has 0 aliphatic heterocycles. The molecule has 2 aromatic rings. The van der Waals surface area contributed by atoms with E-state index in [1.165, 1.54) is 26.1 Å². The average molecular weight is 375 g/mol. The summed E-state index contributed by atoms with van der Waals surface area (Å²) in [6, 6.07) is 5.71. The van der Waals surface area contributed by atoms with Crippen LogP contribution in [0.15, 0.2) is 29.1 Å². The molecular formula is C19H22FN3O4. The maximum atomic E-state index is 13.0. The number of hydrogen-bond donors (Lipinski definition) is 2. The summed E-state index contributed by atoms with van der Waals surface area (Å²) in [4.78, 5) is 40.5. The third-order valence-corrected chi connectivity index (χ3v) is 4.13. The monoisotopic (exact) mass is 375 g/mol. The molecule has 0 fully saturated rings. The number of Topliss-reactive ketones (excluding diaryl/α,β-unsaturated/α-hetero) is 1. The fourth-order valence-corrected chi connectivity index (χ4v) is 2.87. The highest BCUT2D eigenvalue weighted by molar-refractivity contribution is 5.96. The molecular weight excluding hydrogens is 353 g/mol. The van der Waals surface area contributed by atoms with Crippen LogP contribution in [0.1, 0.15) is 49.1 Å². The van der Waals surface area contributed by atoms with Gasteiger partial charge < -0.3 is 10.4 Å². The third-order valence-electron chi connectivity index (χ3n) is 4.13.